The zero-order chi connectivity index (χ0) is 10.9. The summed E-state index contributed by atoms with van der Waals surface area (Å²) in [6, 6.07) is 10.9. The highest BCUT2D eigenvalue weighted by atomic mass is 16.3. The first-order valence-corrected chi connectivity index (χ1v) is 5.81. The highest BCUT2D eigenvalue weighted by Gasteiger charge is 2.46. The van der Waals surface area contributed by atoms with Crippen molar-refractivity contribution in [2.45, 2.75) is 39.2 Å². The molecule has 1 aromatic carbocycles. The minimum absolute atomic E-state index is 0.109. The van der Waals surface area contributed by atoms with Crippen molar-refractivity contribution in [1.29, 1.82) is 0 Å². The lowest BCUT2D eigenvalue weighted by atomic mass is 9.58. The Morgan fingerprint density at radius 1 is 1.33 bits per heavy atom. The summed E-state index contributed by atoms with van der Waals surface area (Å²) in [5, 5.41) is 10.4. The Morgan fingerprint density at radius 3 is 2.47 bits per heavy atom. The topological polar surface area (TPSA) is 20.2 Å². The Balaban J connectivity index is 2.23. The van der Waals surface area contributed by atoms with E-state index in [0.717, 1.165) is 18.4 Å². The molecule has 1 atom stereocenters. The summed E-state index contributed by atoms with van der Waals surface area (Å²) < 4.78 is 0. The fourth-order valence-corrected chi connectivity index (χ4v) is 2.64. The second-order valence-electron chi connectivity index (χ2n) is 4.96. The first kappa shape index (κ1) is 10.7. The molecule has 2 rings (SSSR count). The quantitative estimate of drug-likeness (QED) is 0.798. The molecule has 15 heavy (non-hydrogen) atoms. The molecule has 1 aliphatic carbocycles. The Hall–Kier alpha value is -0.820. The van der Waals surface area contributed by atoms with Crippen LogP contribution in [0.2, 0.25) is 0 Å². The van der Waals surface area contributed by atoms with Crippen LogP contribution in [-0.2, 0) is 0 Å². The van der Waals surface area contributed by atoms with E-state index in [1.807, 2.05) is 24.3 Å². The molecule has 1 saturated carbocycles. The van der Waals surface area contributed by atoms with Gasteiger partial charge in [-0.25, -0.2) is 0 Å². The van der Waals surface area contributed by atoms with E-state index in [9.17, 15) is 5.11 Å². The minimum atomic E-state index is -0.340. The van der Waals surface area contributed by atoms with Crippen LogP contribution in [0.3, 0.4) is 0 Å². The zero-order valence-corrected chi connectivity index (χ0v) is 9.53. The van der Waals surface area contributed by atoms with Gasteiger partial charge in [-0.15, -0.1) is 0 Å². The second-order valence-corrected chi connectivity index (χ2v) is 4.96. The predicted molar refractivity (Wildman–Crippen MR) is 61.4 cm³/mol. The number of hydrogen-bond donors (Lipinski definition) is 1. The van der Waals surface area contributed by atoms with Gasteiger partial charge in [0, 0.05) is 5.41 Å². The van der Waals surface area contributed by atoms with Crippen molar-refractivity contribution in [2.24, 2.45) is 11.3 Å². The molecular weight excluding hydrogens is 184 g/mol. The maximum absolute atomic E-state index is 10.4. The van der Waals surface area contributed by atoms with Crippen LogP contribution in [0.25, 0.3) is 0 Å². The van der Waals surface area contributed by atoms with Gasteiger partial charge in [-0.2, -0.15) is 0 Å². The van der Waals surface area contributed by atoms with Crippen LogP contribution >= 0.6 is 0 Å². The van der Waals surface area contributed by atoms with E-state index >= 15 is 0 Å². The van der Waals surface area contributed by atoms with E-state index < -0.39 is 0 Å². The van der Waals surface area contributed by atoms with Crippen molar-refractivity contribution in [3.63, 3.8) is 0 Å². The number of aliphatic hydroxyl groups is 1. The second kappa shape index (κ2) is 3.97. The first-order chi connectivity index (χ1) is 7.17. The standard InChI is InChI=1S/C14H19O/c1-11(2)14(9-6-10-14)13(15)12-7-4-3-5-8-12/h3-5,7,11,13,15H,6,9-10H2,1-2H3. The van der Waals surface area contributed by atoms with Crippen molar-refractivity contribution in [2.75, 3.05) is 0 Å². The van der Waals surface area contributed by atoms with Crippen LogP contribution in [-0.4, -0.2) is 5.11 Å². The van der Waals surface area contributed by atoms with Crippen molar-refractivity contribution < 1.29 is 5.11 Å². The Morgan fingerprint density at radius 2 is 2.07 bits per heavy atom. The predicted octanol–water partition coefficient (Wildman–Crippen LogP) is 3.35. The van der Waals surface area contributed by atoms with E-state index in [1.165, 1.54) is 6.42 Å². The van der Waals surface area contributed by atoms with Gasteiger partial charge in [-0.3, -0.25) is 0 Å². The van der Waals surface area contributed by atoms with Gasteiger partial charge < -0.3 is 5.11 Å². The Labute approximate surface area is 92.1 Å². The van der Waals surface area contributed by atoms with Gasteiger partial charge in [0.15, 0.2) is 0 Å². The lowest BCUT2D eigenvalue weighted by Gasteiger charge is -2.49. The number of aliphatic hydroxyl groups excluding tert-OH is 1. The molecule has 0 amide bonds. The van der Waals surface area contributed by atoms with Gasteiger partial charge in [0.05, 0.1) is 6.10 Å². The van der Waals surface area contributed by atoms with Crippen molar-refractivity contribution >= 4 is 0 Å². The van der Waals surface area contributed by atoms with Gasteiger partial charge in [0.25, 0.3) is 0 Å². The molecule has 0 bridgehead atoms. The average molecular weight is 203 g/mol. The molecular formula is C14H19O. The maximum Gasteiger partial charge on any atom is 0.0854 e. The minimum Gasteiger partial charge on any atom is -0.388 e. The van der Waals surface area contributed by atoms with Gasteiger partial charge in [-0.1, -0.05) is 44.5 Å². The summed E-state index contributed by atoms with van der Waals surface area (Å²) in [7, 11) is 0. The third-order valence-electron chi connectivity index (χ3n) is 4.01. The number of rotatable bonds is 3. The van der Waals surface area contributed by atoms with Gasteiger partial charge >= 0.3 is 0 Å². The summed E-state index contributed by atoms with van der Waals surface area (Å²) in [5.74, 6) is 0.537. The molecule has 1 aliphatic rings. The molecule has 0 saturated heterocycles. The lowest BCUT2D eigenvalue weighted by molar-refractivity contribution is -0.0720. The molecule has 1 unspecified atom stereocenters. The molecule has 1 nitrogen and oxygen atoms in total. The van der Waals surface area contributed by atoms with E-state index in [0.29, 0.717) is 5.92 Å². The van der Waals surface area contributed by atoms with Crippen LogP contribution in [0.4, 0.5) is 0 Å². The first-order valence-electron chi connectivity index (χ1n) is 5.81. The van der Waals surface area contributed by atoms with Crippen LogP contribution < -0.4 is 0 Å². The Bertz CT molecular complexity index is 311. The van der Waals surface area contributed by atoms with E-state index in [-0.39, 0.29) is 11.5 Å². The summed E-state index contributed by atoms with van der Waals surface area (Å²) in [5.41, 5.74) is 1.06. The molecule has 0 heterocycles. The van der Waals surface area contributed by atoms with Crippen LogP contribution in [0.5, 0.6) is 0 Å². The molecule has 1 radical (unpaired) electrons. The maximum atomic E-state index is 10.4. The summed E-state index contributed by atoms with van der Waals surface area (Å²) >= 11 is 0. The monoisotopic (exact) mass is 203 g/mol. The molecule has 81 valence electrons. The van der Waals surface area contributed by atoms with E-state index in [4.69, 9.17) is 0 Å². The molecule has 1 heteroatoms. The zero-order valence-electron chi connectivity index (χ0n) is 9.53. The van der Waals surface area contributed by atoms with Crippen molar-refractivity contribution in [3.8, 4) is 0 Å². The molecule has 0 aliphatic heterocycles. The lowest BCUT2D eigenvalue weighted by Crippen LogP contribution is -2.40. The summed E-state index contributed by atoms with van der Waals surface area (Å²) in [6.07, 6.45) is 3.21. The van der Waals surface area contributed by atoms with Gasteiger partial charge in [0.1, 0.15) is 0 Å². The van der Waals surface area contributed by atoms with Gasteiger partial charge in [0.2, 0.25) is 0 Å². The number of benzene rings is 1. The normalized spacial score (nSPS) is 21.1. The molecule has 1 fully saturated rings. The number of hydrogen-bond acceptors (Lipinski definition) is 1. The average Bonchev–Trinajstić information content (AvgIpc) is 2.16. The molecule has 0 aromatic heterocycles. The van der Waals surface area contributed by atoms with Crippen molar-refractivity contribution in [1.82, 2.24) is 0 Å². The summed E-state index contributed by atoms with van der Waals surface area (Å²) in [4.78, 5) is 0. The largest absolute Gasteiger partial charge is 0.388 e. The molecule has 0 spiro atoms. The highest BCUT2D eigenvalue weighted by molar-refractivity contribution is 5.19. The van der Waals surface area contributed by atoms with E-state index in [2.05, 4.69) is 19.9 Å². The Kier molecular flexibility index (Phi) is 2.83. The third kappa shape index (κ3) is 1.69. The molecule has 1 aromatic rings. The van der Waals surface area contributed by atoms with E-state index in [1.54, 1.807) is 0 Å². The fourth-order valence-electron chi connectivity index (χ4n) is 2.64. The highest BCUT2D eigenvalue weighted by Crippen LogP contribution is 2.54. The third-order valence-corrected chi connectivity index (χ3v) is 4.01. The molecule has 1 N–H and O–H groups in total. The smallest absolute Gasteiger partial charge is 0.0854 e. The SMILES string of the molecule is CC(C)C1(C(O)c2[c]cccc2)CCC1. The fraction of sp³-hybridized carbons (Fsp3) is 0.571. The van der Waals surface area contributed by atoms with Crippen LogP contribution in [0.15, 0.2) is 24.3 Å². The van der Waals surface area contributed by atoms with Crippen LogP contribution in [0.1, 0.15) is 44.8 Å². The van der Waals surface area contributed by atoms with Crippen LogP contribution in [0, 0.1) is 17.4 Å². The van der Waals surface area contributed by atoms with Gasteiger partial charge in [-0.05, 0) is 30.4 Å². The summed E-state index contributed by atoms with van der Waals surface area (Å²) in [6.45, 7) is 4.43. The van der Waals surface area contributed by atoms with Crippen molar-refractivity contribution in [3.05, 3.63) is 35.9 Å².